The van der Waals surface area contributed by atoms with Gasteiger partial charge >= 0.3 is 6.09 Å². The van der Waals surface area contributed by atoms with Crippen molar-refractivity contribution >= 4 is 23.4 Å². The molecule has 0 aromatic heterocycles. The highest BCUT2D eigenvalue weighted by Crippen LogP contribution is 2.29. The van der Waals surface area contributed by atoms with Gasteiger partial charge in [-0.15, -0.1) is 0 Å². The number of hydrogen-bond donors (Lipinski definition) is 1. The van der Waals surface area contributed by atoms with Gasteiger partial charge in [-0.2, -0.15) is 0 Å². The lowest BCUT2D eigenvalue weighted by Crippen LogP contribution is -2.49. The second-order valence-corrected chi connectivity index (χ2v) is 5.47. The highest BCUT2D eigenvalue weighted by atomic mass is 35.5. The van der Waals surface area contributed by atoms with Crippen molar-refractivity contribution in [1.29, 1.82) is 0 Å². The molecular weight excluding hydrogens is 292 g/mol. The van der Waals surface area contributed by atoms with E-state index in [1.807, 2.05) is 12.1 Å². The topological polar surface area (TPSA) is 53.0 Å². The third-order valence-corrected chi connectivity index (χ3v) is 3.90. The van der Waals surface area contributed by atoms with Crippen molar-refractivity contribution in [2.45, 2.75) is 20.0 Å². The molecule has 1 N–H and O–H groups in total. The van der Waals surface area contributed by atoms with Crippen molar-refractivity contribution in [3.63, 3.8) is 0 Å². The van der Waals surface area contributed by atoms with Crippen molar-refractivity contribution in [3.05, 3.63) is 28.8 Å². The summed E-state index contributed by atoms with van der Waals surface area (Å²) in [6.07, 6.45) is -0.787. The molecule has 1 atom stereocenters. The molecule has 1 aliphatic rings. The molecule has 0 bridgehead atoms. The van der Waals surface area contributed by atoms with Crippen LogP contribution in [0.1, 0.15) is 25.5 Å². The highest BCUT2D eigenvalue weighted by molar-refractivity contribution is 6.33. The van der Waals surface area contributed by atoms with Crippen LogP contribution in [0.3, 0.4) is 0 Å². The van der Waals surface area contributed by atoms with Crippen LogP contribution in [-0.4, -0.2) is 48.9 Å². The van der Waals surface area contributed by atoms with Gasteiger partial charge in [0.2, 0.25) is 0 Å². The minimum absolute atomic E-state index is 0.257. The zero-order chi connectivity index (χ0) is 15.4. The number of amides is 1. The number of carbonyl (C=O) groups is 1. The molecule has 0 saturated carbocycles. The Morgan fingerprint density at radius 1 is 1.38 bits per heavy atom. The van der Waals surface area contributed by atoms with Crippen molar-refractivity contribution in [2.75, 3.05) is 37.7 Å². The van der Waals surface area contributed by atoms with E-state index in [1.54, 1.807) is 24.8 Å². The average molecular weight is 313 g/mol. The van der Waals surface area contributed by atoms with Crippen molar-refractivity contribution in [2.24, 2.45) is 0 Å². The Morgan fingerprint density at radius 3 is 2.57 bits per heavy atom. The summed E-state index contributed by atoms with van der Waals surface area (Å²) in [5.41, 5.74) is 1.73. The summed E-state index contributed by atoms with van der Waals surface area (Å²) in [5, 5.41) is 10.2. The Labute approximate surface area is 130 Å². The van der Waals surface area contributed by atoms with Crippen LogP contribution < -0.4 is 4.90 Å². The molecule has 0 radical (unpaired) electrons. The van der Waals surface area contributed by atoms with Gasteiger partial charge in [0, 0.05) is 26.2 Å². The van der Waals surface area contributed by atoms with E-state index in [9.17, 15) is 9.90 Å². The van der Waals surface area contributed by atoms with Crippen LogP contribution >= 0.6 is 11.6 Å². The van der Waals surface area contributed by atoms with E-state index < -0.39 is 6.10 Å². The minimum Gasteiger partial charge on any atom is -0.450 e. The van der Waals surface area contributed by atoms with Crippen LogP contribution in [0.4, 0.5) is 10.5 Å². The van der Waals surface area contributed by atoms with Gasteiger partial charge in [-0.1, -0.05) is 17.7 Å². The summed E-state index contributed by atoms with van der Waals surface area (Å²) < 4.78 is 5.00. The minimum atomic E-state index is -0.530. The Hall–Kier alpha value is -1.46. The SMILES string of the molecule is CCOC(=O)N1CCN(c2ccc([C@@H](C)O)cc2Cl)CC1. The lowest BCUT2D eigenvalue weighted by Gasteiger charge is -2.36. The van der Waals surface area contributed by atoms with Crippen molar-refractivity contribution in [3.8, 4) is 0 Å². The van der Waals surface area contributed by atoms with Gasteiger partial charge in [-0.3, -0.25) is 0 Å². The lowest BCUT2D eigenvalue weighted by molar-refractivity contribution is 0.105. The lowest BCUT2D eigenvalue weighted by atomic mass is 10.1. The maximum absolute atomic E-state index is 11.7. The number of halogens is 1. The number of ether oxygens (including phenoxy) is 1. The maximum atomic E-state index is 11.7. The van der Waals surface area contributed by atoms with Crippen LogP contribution in [-0.2, 0) is 4.74 Å². The fourth-order valence-electron chi connectivity index (χ4n) is 2.38. The molecule has 21 heavy (non-hydrogen) atoms. The predicted molar refractivity (Wildman–Crippen MR) is 82.9 cm³/mol. The normalized spacial score (nSPS) is 16.8. The van der Waals surface area contributed by atoms with Crippen LogP contribution in [0.2, 0.25) is 5.02 Å². The van der Waals surface area contributed by atoms with Crippen LogP contribution in [0.15, 0.2) is 18.2 Å². The zero-order valence-corrected chi connectivity index (χ0v) is 13.1. The maximum Gasteiger partial charge on any atom is 0.409 e. The first kappa shape index (κ1) is 15.9. The molecule has 6 heteroatoms. The average Bonchev–Trinajstić information content (AvgIpc) is 2.47. The molecule has 116 valence electrons. The quantitative estimate of drug-likeness (QED) is 0.932. The van der Waals surface area contributed by atoms with E-state index in [2.05, 4.69) is 4.90 Å². The van der Waals surface area contributed by atoms with Gasteiger partial charge in [-0.25, -0.2) is 4.79 Å². The fraction of sp³-hybridized carbons (Fsp3) is 0.533. The third-order valence-electron chi connectivity index (χ3n) is 3.60. The Balaban J connectivity index is 2.01. The second-order valence-electron chi connectivity index (χ2n) is 5.06. The van der Waals surface area contributed by atoms with Gasteiger partial charge in [0.25, 0.3) is 0 Å². The number of nitrogens with zero attached hydrogens (tertiary/aromatic N) is 2. The molecule has 1 heterocycles. The Bertz CT molecular complexity index is 500. The summed E-state index contributed by atoms with van der Waals surface area (Å²) in [5.74, 6) is 0. The van der Waals surface area contributed by atoms with E-state index in [0.29, 0.717) is 37.8 Å². The van der Waals surface area contributed by atoms with E-state index in [-0.39, 0.29) is 6.09 Å². The first-order valence-corrected chi connectivity index (χ1v) is 7.55. The second kappa shape index (κ2) is 7.00. The van der Waals surface area contributed by atoms with Gasteiger partial charge in [0.15, 0.2) is 0 Å². The first-order chi connectivity index (χ1) is 10.0. The summed E-state index contributed by atoms with van der Waals surface area (Å²) in [6, 6.07) is 5.59. The number of benzene rings is 1. The zero-order valence-electron chi connectivity index (χ0n) is 12.4. The number of hydrogen-bond acceptors (Lipinski definition) is 4. The smallest absolute Gasteiger partial charge is 0.409 e. The van der Waals surface area contributed by atoms with Gasteiger partial charge in [-0.05, 0) is 31.5 Å². The Kier molecular flexibility index (Phi) is 5.31. The summed E-state index contributed by atoms with van der Waals surface area (Å²) >= 11 is 6.30. The van der Waals surface area contributed by atoms with Crippen molar-refractivity contribution < 1.29 is 14.6 Å². The number of aliphatic hydroxyl groups excluding tert-OH is 1. The molecule has 0 aliphatic carbocycles. The molecule has 0 unspecified atom stereocenters. The molecule has 1 aromatic rings. The molecule has 1 aromatic carbocycles. The van der Waals surface area contributed by atoms with E-state index in [0.717, 1.165) is 11.3 Å². The summed E-state index contributed by atoms with van der Waals surface area (Å²) in [6.45, 7) is 6.58. The van der Waals surface area contributed by atoms with Gasteiger partial charge in [0.1, 0.15) is 0 Å². The molecule has 1 amide bonds. The van der Waals surface area contributed by atoms with Crippen LogP contribution in [0, 0.1) is 0 Å². The number of carbonyl (C=O) groups excluding carboxylic acids is 1. The third kappa shape index (κ3) is 3.80. The van der Waals surface area contributed by atoms with E-state index in [1.165, 1.54) is 0 Å². The fourth-order valence-corrected chi connectivity index (χ4v) is 2.69. The summed E-state index contributed by atoms with van der Waals surface area (Å²) in [7, 11) is 0. The highest BCUT2D eigenvalue weighted by Gasteiger charge is 2.23. The number of rotatable bonds is 3. The molecule has 2 rings (SSSR count). The molecular formula is C15H21ClN2O3. The monoisotopic (exact) mass is 312 g/mol. The van der Waals surface area contributed by atoms with E-state index in [4.69, 9.17) is 16.3 Å². The first-order valence-electron chi connectivity index (χ1n) is 7.17. The number of anilines is 1. The molecule has 5 nitrogen and oxygen atoms in total. The van der Waals surface area contributed by atoms with Crippen molar-refractivity contribution in [1.82, 2.24) is 4.90 Å². The molecule has 1 fully saturated rings. The number of piperazine rings is 1. The molecule has 0 spiro atoms. The summed E-state index contributed by atoms with van der Waals surface area (Å²) in [4.78, 5) is 15.5. The number of aliphatic hydroxyl groups is 1. The standard InChI is InChI=1S/C15H21ClN2O3/c1-3-21-15(20)18-8-6-17(7-9-18)14-5-4-12(11(2)19)10-13(14)16/h4-5,10-11,19H,3,6-9H2,1-2H3/t11-/m1/s1. The molecule has 1 aliphatic heterocycles. The Morgan fingerprint density at radius 2 is 2.05 bits per heavy atom. The van der Waals surface area contributed by atoms with Crippen LogP contribution in [0.5, 0.6) is 0 Å². The van der Waals surface area contributed by atoms with E-state index >= 15 is 0 Å². The predicted octanol–water partition coefficient (Wildman–Crippen LogP) is 2.67. The van der Waals surface area contributed by atoms with Gasteiger partial charge < -0.3 is 19.6 Å². The largest absolute Gasteiger partial charge is 0.450 e. The molecule has 1 saturated heterocycles. The van der Waals surface area contributed by atoms with Gasteiger partial charge in [0.05, 0.1) is 23.4 Å². The van der Waals surface area contributed by atoms with Crippen LogP contribution in [0.25, 0.3) is 0 Å².